The Hall–Kier alpha value is -1.42. The second kappa shape index (κ2) is 4.89. The molecular formula is C10H12ClNO3. The van der Waals surface area contributed by atoms with Gasteiger partial charge in [0, 0.05) is 0 Å². The van der Waals surface area contributed by atoms with Crippen LogP contribution in [0.4, 0.5) is 5.69 Å². The molecule has 2 N–H and O–H groups in total. The van der Waals surface area contributed by atoms with E-state index in [2.05, 4.69) is 0 Å². The SMILES string of the molecule is CCOC(=O)c1cc(Cl)c(N)c(OC)c1. The Bertz CT molecular complexity index is 379. The molecule has 0 amide bonds. The number of anilines is 1. The molecule has 0 aliphatic rings. The fourth-order valence-electron chi connectivity index (χ4n) is 1.09. The smallest absolute Gasteiger partial charge is 0.338 e. The molecule has 1 rings (SSSR count). The standard InChI is InChI=1S/C10H12ClNO3/c1-3-15-10(13)6-4-7(11)9(12)8(5-6)14-2/h4-5H,3,12H2,1-2H3. The number of esters is 1. The first-order chi connectivity index (χ1) is 7.10. The molecule has 5 heteroatoms. The molecule has 0 heterocycles. The van der Waals surface area contributed by atoms with Crippen LogP contribution in [0.1, 0.15) is 17.3 Å². The average Bonchev–Trinajstić information content (AvgIpc) is 2.22. The zero-order valence-electron chi connectivity index (χ0n) is 8.54. The summed E-state index contributed by atoms with van der Waals surface area (Å²) in [6.07, 6.45) is 0. The molecule has 82 valence electrons. The number of benzene rings is 1. The van der Waals surface area contributed by atoms with Crippen molar-refractivity contribution in [2.75, 3.05) is 19.5 Å². The first-order valence-electron chi connectivity index (χ1n) is 4.40. The van der Waals surface area contributed by atoms with Gasteiger partial charge in [0.2, 0.25) is 0 Å². The van der Waals surface area contributed by atoms with Gasteiger partial charge in [-0.25, -0.2) is 4.79 Å². The van der Waals surface area contributed by atoms with Crippen LogP contribution < -0.4 is 10.5 Å². The number of nitrogens with two attached hydrogens (primary N) is 1. The van der Waals surface area contributed by atoms with Crippen molar-refractivity contribution in [1.82, 2.24) is 0 Å². The summed E-state index contributed by atoms with van der Waals surface area (Å²) in [5.41, 5.74) is 6.27. The lowest BCUT2D eigenvalue weighted by atomic mass is 10.2. The highest BCUT2D eigenvalue weighted by molar-refractivity contribution is 6.33. The van der Waals surface area contributed by atoms with Gasteiger partial charge >= 0.3 is 5.97 Å². The largest absolute Gasteiger partial charge is 0.495 e. The van der Waals surface area contributed by atoms with E-state index in [9.17, 15) is 4.79 Å². The maximum atomic E-state index is 11.4. The molecule has 0 atom stereocenters. The number of rotatable bonds is 3. The van der Waals surface area contributed by atoms with Gasteiger partial charge in [-0.15, -0.1) is 0 Å². The minimum atomic E-state index is -0.447. The van der Waals surface area contributed by atoms with Crippen LogP contribution >= 0.6 is 11.6 Å². The van der Waals surface area contributed by atoms with E-state index in [1.807, 2.05) is 0 Å². The maximum Gasteiger partial charge on any atom is 0.338 e. The quantitative estimate of drug-likeness (QED) is 0.637. The molecule has 4 nitrogen and oxygen atoms in total. The monoisotopic (exact) mass is 229 g/mol. The maximum absolute atomic E-state index is 11.4. The van der Waals surface area contributed by atoms with E-state index in [1.165, 1.54) is 19.2 Å². The van der Waals surface area contributed by atoms with Crippen molar-refractivity contribution >= 4 is 23.3 Å². The van der Waals surface area contributed by atoms with E-state index in [0.717, 1.165) is 0 Å². The summed E-state index contributed by atoms with van der Waals surface area (Å²) < 4.78 is 9.81. The molecule has 0 bridgehead atoms. The molecule has 0 saturated heterocycles. The lowest BCUT2D eigenvalue weighted by Gasteiger charge is -2.08. The molecule has 0 aliphatic heterocycles. The fourth-order valence-corrected chi connectivity index (χ4v) is 1.30. The van der Waals surface area contributed by atoms with Gasteiger partial charge in [-0.3, -0.25) is 0 Å². The number of methoxy groups -OCH3 is 1. The van der Waals surface area contributed by atoms with Crippen LogP contribution in [0.5, 0.6) is 5.75 Å². The van der Waals surface area contributed by atoms with Crippen molar-refractivity contribution in [3.05, 3.63) is 22.7 Å². The summed E-state index contributed by atoms with van der Waals surface area (Å²) in [7, 11) is 1.46. The minimum Gasteiger partial charge on any atom is -0.495 e. The van der Waals surface area contributed by atoms with E-state index >= 15 is 0 Å². The van der Waals surface area contributed by atoms with Gasteiger partial charge in [-0.1, -0.05) is 11.6 Å². The molecule has 0 fully saturated rings. The topological polar surface area (TPSA) is 61.5 Å². The van der Waals surface area contributed by atoms with E-state index in [0.29, 0.717) is 23.6 Å². The fraction of sp³-hybridized carbons (Fsp3) is 0.300. The van der Waals surface area contributed by atoms with Gasteiger partial charge in [0.15, 0.2) is 0 Å². The zero-order valence-corrected chi connectivity index (χ0v) is 9.30. The number of nitrogen functional groups attached to an aromatic ring is 1. The van der Waals surface area contributed by atoms with Crippen molar-refractivity contribution in [3.8, 4) is 5.75 Å². The van der Waals surface area contributed by atoms with E-state index < -0.39 is 5.97 Å². The summed E-state index contributed by atoms with van der Waals surface area (Å²) in [6.45, 7) is 2.04. The van der Waals surface area contributed by atoms with Crippen molar-refractivity contribution in [2.24, 2.45) is 0 Å². The lowest BCUT2D eigenvalue weighted by Crippen LogP contribution is -2.06. The number of ether oxygens (including phenoxy) is 2. The molecule has 0 aliphatic carbocycles. The second-order valence-electron chi connectivity index (χ2n) is 2.79. The van der Waals surface area contributed by atoms with Crippen molar-refractivity contribution < 1.29 is 14.3 Å². The van der Waals surface area contributed by atoms with Gasteiger partial charge in [-0.2, -0.15) is 0 Å². The number of carbonyl (C=O) groups is 1. The van der Waals surface area contributed by atoms with Gasteiger partial charge in [-0.05, 0) is 19.1 Å². The predicted octanol–water partition coefficient (Wildman–Crippen LogP) is 2.11. The van der Waals surface area contributed by atoms with Crippen LogP contribution in [-0.2, 0) is 4.74 Å². The molecule has 1 aromatic carbocycles. The van der Waals surface area contributed by atoms with Crippen molar-refractivity contribution in [2.45, 2.75) is 6.92 Å². The second-order valence-corrected chi connectivity index (χ2v) is 3.20. The van der Waals surface area contributed by atoms with Crippen molar-refractivity contribution in [1.29, 1.82) is 0 Å². The number of hydrogen-bond acceptors (Lipinski definition) is 4. The third-order valence-electron chi connectivity index (χ3n) is 1.82. The first-order valence-corrected chi connectivity index (χ1v) is 4.78. The highest BCUT2D eigenvalue weighted by Gasteiger charge is 2.13. The summed E-state index contributed by atoms with van der Waals surface area (Å²) in [4.78, 5) is 11.4. The molecule has 0 aromatic heterocycles. The van der Waals surface area contributed by atoms with E-state index in [-0.39, 0.29) is 5.02 Å². The third kappa shape index (κ3) is 2.53. The molecule has 0 radical (unpaired) electrons. The van der Waals surface area contributed by atoms with Crippen LogP contribution in [-0.4, -0.2) is 19.7 Å². The Morgan fingerprint density at radius 1 is 1.53 bits per heavy atom. The normalized spacial score (nSPS) is 9.80. The zero-order chi connectivity index (χ0) is 11.4. The highest BCUT2D eigenvalue weighted by atomic mass is 35.5. The van der Waals surface area contributed by atoms with Crippen LogP contribution in [0.2, 0.25) is 5.02 Å². The predicted molar refractivity (Wildman–Crippen MR) is 58.4 cm³/mol. The average molecular weight is 230 g/mol. The summed E-state index contributed by atoms with van der Waals surface area (Å²) >= 11 is 5.83. The Labute approximate surface area is 92.9 Å². The van der Waals surface area contributed by atoms with Crippen LogP contribution in [0.3, 0.4) is 0 Å². The van der Waals surface area contributed by atoms with Gasteiger partial charge in [0.05, 0.1) is 30.0 Å². The summed E-state index contributed by atoms with van der Waals surface area (Å²) in [5, 5.41) is 0.275. The Kier molecular flexibility index (Phi) is 3.80. The number of halogens is 1. The van der Waals surface area contributed by atoms with Crippen LogP contribution in [0.25, 0.3) is 0 Å². The van der Waals surface area contributed by atoms with Crippen molar-refractivity contribution in [3.63, 3.8) is 0 Å². The first kappa shape index (κ1) is 11.7. The Balaban J connectivity index is 3.10. The number of hydrogen-bond donors (Lipinski definition) is 1. The van der Waals surface area contributed by atoms with Gasteiger partial charge in [0.25, 0.3) is 0 Å². The summed E-state index contributed by atoms with van der Waals surface area (Å²) in [5.74, 6) is -0.0803. The molecule has 0 saturated carbocycles. The highest BCUT2D eigenvalue weighted by Crippen LogP contribution is 2.31. The van der Waals surface area contributed by atoms with E-state index in [4.69, 9.17) is 26.8 Å². The number of carbonyl (C=O) groups excluding carboxylic acids is 1. The molecule has 1 aromatic rings. The Morgan fingerprint density at radius 3 is 2.73 bits per heavy atom. The Morgan fingerprint density at radius 2 is 2.20 bits per heavy atom. The van der Waals surface area contributed by atoms with Crippen LogP contribution in [0, 0.1) is 0 Å². The van der Waals surface area contributed by atoms with Gasteiger partial charge in [0.1, 0.15) is 5.75 Å². The molecule has 0 spiro atoms. The molecule has 0 unspecified atom stereocenters. The van der Waals surface area contributed by atoms with Crippen LogP contribution in [0.15, 0.2) is 12.1 Å². The van der Waals surface area contributed by atoms with Gasteiger partial charge < -0.3 is 15.2 Å². The summed E-state index contributed by atoms with van der Waals surface area (Å²) in [6, 6.07) is 2.95. The molecular weight excluding hydrogens is 218 g/mol. The third-order valence-corrected chi connectivity index (χ3v) is 2.14. The minimum absolute atomic E-state index is 0.275. The molecule has 15 heavy (non-hydrogen) atoms. The lowest BCUT2D eigenvalue weighted by molar-refractivity contribution is 0.0526. The van der Waals surface area contributed by atoms with E-state index in [1.54, 1.807) is 6.92 Å².